The van der Waals surface area contributed by atoms with E-state index in [-0.39, 0.29) is 18.3 Å². The molecule has 1 aliphatic heterocycles. The average Bonchev–Trinajstić information content (AvgIpc) is 2.75. The summed E-state index contributed by atoms with van der Waals surface area (Å²) in [6.07, 6.45) is 1.40. The van der Waals surface area contributed by atoms with Gasteiger partial charge in [0.05, 0.1) is 0 Å². The number of hydrogen-bond donors (Lipinski definition) is 1. The Balaban J connectivity index is 2.12. The van der Waals surface area contributed by atoms with E-state index in [0.717, 1.165) is 6.42 Å². The molecular weight excluding hydrogens is 233 g/mol. The topological polar surface area (TPSA) is 40.5 Å². The van der Waals surface area contributed by atoms with Crippen LogP contribution in [-0.4, -0.2) is 29.1 Å². The second kappa shape index (κ2) is 5.65. The molecule has 1 saturated heterocycles. The Labute approximate surface area is 105 Å². The molecule has 1 fully saturated rings. The molecule has 1 N–H and O–H groups in total. The van der Waals surface area contributed by atoms with Crippen LogP contribution in [0.25, 0.3) is 0 Å². The van der Waals surface area contributed by atoms with Gasteiger partial charge in [-0.2, -0.15) is 0 Å². The number of benzene rings is 1. The van der Waals surface area contributed by atoms with Crippen molar-refractivity contribution < 1.29 is 14.3 Å². The third-order valence-corrected chi connectivity index (χ3v) is 2.90. The molecular formula is C14H14FNO2. The van der Waals surface area contributed by atoms with Gasteiger partial charge >= 0.3 is 0 Å². The van der Waals surface area contributed by atoms with Crippen molar-refractivity contribution in [2.45, 2.75) is 19.4 Å². The van der Waals surface area contributed by atoms with E-state index >= 15 is 0 Å². The second-order valence-electron chi connectivity index (χ2n) is 4.18. The maximum atomic E-state index is 13.8. The Morgan fingerprint density at radius 3 is 2.89 bits per heavy atom. The summed E-state index contributed by atoms with van der Waals surface area (Å²) in [4.78, 5) is 13.1. The van der Waals surface area contributed by atoms with Gasteiger partial charge in [-0.3, -0.25) is 4.79 Å². The Morgan fingerprint density at radius 2 is 2.28 bits per heavy atom. The first-order chi connectivity index (χ1) is 8.70. The normalized spacial score (nSPS) is 14.6. The second-order valence-corrected chi connectivity index (χ2v) is 4.18. The minimum absolute atomic E-state index is 0.0820. The SMILES string of the molecule is O=C1CCCN1Cc1ccc(C#CCO)cc1F. The summed E-state index contributed by atoms with van der Waals surface area (Å²) in [6.45, 7) is 0.772. The van der Waals surface area contributed by atoms with E-state index in [4.69, 9.17) is 5.11 Å². The standard InChI is InChI=1S/C14H14FNO2/c15-13-9-11(3-2-8-17)5-6-12(13)10-16-7-1-4-14(16)18/h5-6,9,17H,1,4,7-8,10H2. The average molecular weight is 247 g/mol. The highest BCUT2D eigenvalue weighted by atomic mass is 19.1. The van der Waals surface area contributed by atoms with Gasteiger partial charge in [-0.1, -0.05) is 17.9 Å². The largest absolute Gasteiger partial charge is 0.384 e. The molecule has 18 heavy (non-hydrogen) atoms. The van der Waals surface area contributed by atoms with Crippen LogP contribution in [0.3, 0.4) is 0 Å². The number of nitrogens with zero attached hydrogens (tertiary/aromatic N) is 1. The fraction of sp³-hybridized carbons (Fsp3) is 0.357. The fourth-order valence-electron chi connectivity index (χ4n) is 1.97. The van der Waals surface area contributed by atoms with Crippen LogP contribution >= 0.6 is 0 Å². The van der Waals surface area contributed by atoms with Gasteiger partial charge < -0.3 is 10.0 Å². The number of hydrogen-bond acceptors (Lipinski definition) is 2. The zero-order valence-electron chi connectivity index (χ0n) is 9.95. The zero-order valence-corrected chi connectivity index (χ0v) is 9.95. The van der Waals surface area contributed by atoms with Gasteiger partial charge in [0.2, 0.25) is 5.91 Å². The number of halogens is 1. The summed E-state index contributed by atoms with van der Waals surface area (Å²) in [5, 5.41) is 8.56. The van der Waals surface area contributed by atoms with Crippen LogP contribution < -0.4 is 0 Å². The first kappa shape index (κ1) is 12.6. The van der Waals surface area contributed by atoms with Crippen molar-refractivity contribution in [3.63, 3.8) is 0 Å². The monoisotopic (exact) mass is 247 g/mol. The lowest BCUT2D eigenvalue weighted by Crippen LogP contribution is -2.24. The van der Waals surface area contributed by atoms with Gasteiger partial charge in [0.25, 0.3) is 0 Å². The molecule has 0 spiro atoms. The van der Waals surface area contributed by atoms with E-state index in [1.807, 2.05) is 0 Å². The number of likely N-dealkylation sites (tertiary alicyclic amines) is 1. The van der Waals surface area contributed by atoms with E-state index in [0.29, 0.717) is 30.6 Å². The van der Waals surface area contributed by atoms with Gasteiger partial charge in [0, 0.05) is 30.6 Å². The van der Waals surface area contributed by atoms with E-state index in [9.17, 15) is 9.18 Å². The van der Waals surface area contributed by atoms with Gasteiger partial charge in [-0.05, 0) is 18.6 Å². The van der Waals surface area contributed by atoms with E-state index in [1.165, 1.54) is 6.07 Å². The molecule has 4 heteroatoms. The Bertz CT molecular complexity index is 516. The fourth-order valence-corrected chi connectivity index (χ4v) is 1.97. The third kappa shape index (κ3) is 2.88. The molecule has 0 saturated carbocycles. The molecule has 1 heterocycles. The summed E-state index contributed by atoms with van der Waals surface area (Å²) >= 11 is 0. The number of rotatable bonds is 2. The minimum Gasteiger partial charge on any atom is -0.384 e. The molecule has 3 nitrogen and oxygen atoms in total. The van der Waals surface area contributed by atoms with Crippen molar-refractivity contribution in [3.8, 4) is 11.8 Å². The van der Waals surface area contributed by atoms with Crippen LogP contribution in [0.1, 0.15) is 24.0 Å². The van der Waals surface area contributed by atoms with Crippen molar-refractivity contribution >= 4 is 5.91 Å². The number of carbonyl (C=O) groups excluding carboxylic acids is 1. The van der Waals surface area contributed by atoms with Crippen LogP contribution in [0.4, 0.5) is 4.39 Å². The lowest BCUT2D eigenvalue weighted by atomic mass is 10.1. The first-order valence-electron chi connectivity index (χ1n) is 5.86. The van der Waals surface area contributed by atoms with Gasteiger partial charge in [-0.25, -0.2) is 4.39 Å². The van der Waals surface area contributed by atoms with E-state index in [2.05, 4.69) is 11.8 Å². The van der Waals surface area contributed by atoms with Crippen molar-refractivity contribution in [1.82, 2.24) is 4.90 Å². The highest BCUT2D eigenvalue weighted by Crippen LogP contribution is 2.17. The van der Waals surface area contributed by atoms with Crippen LogP contribution in [0.5, 0.6) is 0 Å². The molecule has 1 aromatic rings. The molecule has 0 aliphatic carbocycles. The van der Waals surface area contributed by atoms with Crippen LogP contribution in [-0.2, 0) is 11.3 Å². The number of carbonyl (C=O) groups is 1. The van der Waals surface area contributed by atoms with E-state index < -0.39 is 0 Å². The molecule has 0 atom stereocenters. The molecule has 94 valence electrons. The maximum Gasteiger partial charge on any atom is 0.222 e. The highest BCUT2D eigenvalue weighted by Gasteiger charge is 2.21. The molecule has 0 aromatic heterocycles. The minimum atomic E-state index is -0.362. The van der Waals surface area contributed by atoms with E-state index in [1.54, 1.807) is 17.0 Å². The van der Waals surface area contributed by atoms with Crippen molar-refractivity contribution in [2.75, 3.05) is 13.2 Å². The lowest BCUT2D eigenvalue weighted by molar-refractivity contribution is -0.128. The summed E-state index contributed by atoms with van der Waals surface area (Å²) in [5.74, 6) is 4.83. The van der Waals surface area contributed by atoms with Crippen LogP contribution in [0.2, 0.25) is 0 Å². The predicted molar refractivity (Wildman–Crippen MR) is 65.0 cm³/mol. The number of aliphatic hydroxyl groups is 1. The number of amides is 1. The molecule has 1 aromatic carbocycles. The first-order valence-corrected chi connectivity index (χ1v) is 5.86. The molecule has 1 amide bonds. The smallest absolute Gasteiger partial charge is 0.222 e. The zero-order chi connectivity index (χ0) is 13.0. The molecule has 2 rings (SSSR count). The predicted octanol–water partition coefficient (Wildman–Crippen LogP) is 1.29. The Hall–Kier alpha value is -1.86. The molecule has 0 unspecified atom stereocenters. The summed E-state index contributed by atoms with van der Waals surface area (Å²) in [6, 6.07) is 4.67. The Kier molecular flexibility index (Phi) is 3.96. The molecule has 0 radical (unpaired) electrons. The quantitative estimate of drug-likeness (QED) is 0.800. The lowest BCUT2D eigenvalue weighted by Gasteiger charge is -2.15. The summed E-state index contributed by atoms with van der Waals surface area (Å²) in [7, 11) is 0. The number of aliphatic hydroxyl groups excluding tert-OH is 1. The van der Waals surface area contributed by atoms with Crippen molar-refractivity contribution in [1.29, 1.82) is 0 Å². The van der Waals surface area contributed by atoms with Gasteiger partial charge in [0.1, 0.15) is 12.4 Å². The van der Waals surface area contributed by atoms with Crippen molar-refractivity contribution in [3.05, 3.63) is 35.1 Å². The van der Waals surface area contributed by atoms with Crippen LogP contribution in [0, 0.1) is 17.7 Å². The summed E-state index contributed by atoms with van der Waals surface area (Å²) in [5.41, 5.74) is 1.03. The van der Waals surface area contributed by atoms with Gasteiger partial charge in [-0.15, -0.1) is 0 Å². The maximum absolute atomic E-state index is 13.8. The molecule has 0 bridgehead atoms. The van der Waals surface area contributed by atoms with Crippen molar-refractivity contribution in [2.24, 2.45) is 0 Å². The summed E-state index contributed by atoms with van der Waals surface area (Å²) < 4.78 is 13.8. The van der Waals surface area contributed by atoms with Crippen LogP contribution in [0.15, 0.2) is 18.2 Å². The Morgan fingerprint density at radius 1 is 1.44 bits per heavy atom. The van der Waals surface area contributed by atoms with Gasteiger partial charge in [0.15, 0.2) is 0 Å². The third-order valence-electron chi connectivity index (χ3n) is 2.90. The highest BCUT2D eigenvalue weighted by molar-refractivity contribution is 5.78. The molecule has 1 aliphatic rings.